The van der Waals surface area contributed by atoms with Crippen molar-refractivity contribution in [1.82, 2.24) is 9.29 Å². The number of nitrogens with zero attached hydrogens (tertiary/aromatic N) is 1. The molecular formula is C24H20FN3O4S. The Kier molecular flexibility index (Phi) is 5.97. The molecule has 0 saturated heterocycles. The lowest BCUT2D eigenvalue weighted by atomic mass is 10.2. The largest absolute Gasteiger partial charge is 0.335 e. The van der Waals surface area contributed by atoms with Crippen molar-refractivity contribution in [2.24, 2.45) is 0 Å². The van der Waals surface area contributed by atoms with Crippen molar-refractivity contribution >= 4 is 38.4 Å². The van der Waals surface area contributed by atoms with Gasteiger partial charge >= 0.3 is 0 Å². The van der Waals surface area contributed by atoms with Gasteiger partial charge in [0.1, 0.15) is 11.9 Å². The molecule has 0 bridgehead atoms. The first kappa shape index (κ1) is 22.2. The number of benzene rings is 3. The minimum absolute atomic E-state index is 0.121. The predicted octanol–water partition coefficient (Wildman–Crippen LogP) is 4.10. The van der Waals surface area contributed by atoms with Gasteiger partial charge < -0.3 is 9.88 Å². The fourth-order valence-corrected chi connectivity index (χ4v) is 4.38. The number of carbonyl (C=O) groups excluding carboxylic acids is 2. The lowest BCUT2D eigenvalue weighted by Gasteiger charge is -2.16. The zero-order valence-electron chi connectivity index (χ0n) is 17.5. The molecule has 0 spiro atoms. The summed E-state index contributed by atoms with van der Waals surface area (Å²) in [4.78, 5) is 24.8. The Morgan fingerprint density at radius 2 is 1.61 bits per heavy atom. The standard InChI is InChI=1S/C24H20FN3O4S/c1-16(28-15-14-20-21(25)8-5-9-22(20)28)23(29)26-18-10-12-19(13-11-18)33(31,32)27-24(30)17-6-3-2-4-7-17/h2-16H,1H3,(H,26,29)(H,27,30). The van der Waals surface area contributed by atoms with Crippen molar-refractivity contribution in [2.45, 2.75) is 17.9 Å². The van der Waals surface area contributed by atoms with E-state index < -0.39 is 22.0 Å². The number of amides is 2. The molecule has 1 atom stereocenters. The first-order chi connectivity index (χ1) is 15.8. The van der Waals surface area contributed by atoms with Crippen LogP contribution in [0.25, 0.3) is 10.9 Å². The monoisotopic (exact) mass is 465 g/mol. The van der Waals surface area contributed by atoms with Crippen LogP contribution in [0.2, 0.25) is 0 Å². The predicted molar refractivity (Wildman–Crippen MR) is 123 cm³/mol. The number of carbonyl (C=O) groups is 2. The van der Waals surface area contributed by atoms with E-state index in [1.807, 2.05) is 4.72 Å². The van der Waals surface area contributed by atoms with Gasteiger partial charge in [0.15, 0.2) is 0 Å². The summed E-state index contributed by atoms with van der Waals surface area (Å²) < 4.78 is 42.6. The van der Waals surface area contributed by atoms with E-state index in [-0.39, 0.29) is 22.2 Å². The molecule has 0 aliphatic carbocycles. The van der Waals surface area contributed by atoms with Crippen LogP contribution in [0.3, 0.4) is 0 Å². The third-order valence-corrected chi connectivity index (χ3v) is 6.55. The first-order valence-corrected chi connectivity index (χ1v) is 11.5. The van der Waals surface area contributed by atoms with Crippen LogP contribution in [0.5, 0.6) is 0 Å². The molecule has 4 aromatic rings. The molecule has 9 heteroatoms. The number of rotatable bonds is 6. The number of hydrogen-bond donors (Lipinski definition) is 2. The van der Waals surface area contributed by atoms with Gasteiger partial charge in [-0.15, -0.1) is 0 Å². The molecule has 1 heterocycles. The Labute approximate surface area is 189 Å². The van der Waals surface area contributed by atoms with Crippen LogP contribution in [-0.4, -0.2) is 24.8 Å². The molecule has 2 N–H and O–H groups in total. The summed E-state index contributed by atoms with van der Waals surface area (Å²) in [5.74, 6) is -1.46. The number of sulfonamides is 1. The Hall–Kier alpha value is -3.98. The molecule has 0 radical (unpaired) electrons. The van der Waals surface area contributed by atoms with Gasteiger partial charge in [-0.25, -0.2) is 17.5 Å². The Morgan fingerprint density at radius 1 is 0.909 bits per heavy atom. The van der Waals surface area contributed by atoms with Gasteiger partial charge in [-0.05, 0) is 61.5 Å². The van der Waals surface area contributed by atoms with Gasteiger partial charge in [0, 0.05) is 22.8 Å². The molecule has 2 amide bonds. The lowest BCUT2D eigenvalue weighted by Crippen LogP contribution is -2.30. The number of hydrogen-bond acceptors (Lipinski definition) is 4. The molecule has 0 saturated carbocycles. The summed E-state index contributed by atoms with van der Waals surface area (Å²) in [5.41, 5.74) is 1.19. The van der Waals surface area contributed by atoms with Gasteiger partial charge in [-0.1, -0.05) is 24.3 Å². The third kappa shape index (κ3) is 4.63. The highest BCUT2D eigenvalue weighted by atomic mass is 32.2. The Bertz CT molecular complexity index is 1430. The topological polar surface area (TPSA) is 97.3 Å². The van der Waals surface area contributed by atoms with Crippen molar-refractivity contribution < 1.29 is 22.4 Å². The van der Waals surface area contributed by atoms with Crippen molar-refractivity contribution in [2.75, 3.05) is 5.32 Å². The van der Waals surface area contributed by atoms with E-state index in [1.54, 1.807) is 54.1 Å². The van der Waals surface area contributed by atoms with E-state index in [9.17, 15) is 22.4 Å². The fraction of sp³-hybridized carbons (Fsp3) is 0.0833. The number of nitrogens with one attached hydrogen (secondary N) is 2. The van der Waals surface area contributed by atoms with Gasteiger partial charge in [0.05, 0.1) is 10.4 Å². The molecule has 3 aromatic carbocycles. The summed E-state index contributed by atoms with van der Waals surface area (Å²) in [7, 11) is -4.08. The van der Waals surface area contributed by atoms with E-state index in [0.717, 1.165) is 0 Å². The van der Waals surface area contributed by atoms with Crippen LogP contribution < -0.4 is 10.0 Å². The maximum absolute atomic E-state index is 13.9. The zero-order valence-corrected chi connectivity index (χ0v) is 18.3. The average molecular weight is 466 g/mol. The maximum Gasteiger partial charge on any atom is 0.264 e. The third-order valence-electron chi connectivity index (χ3n) is 5.20. The van der Waals surface area contributed by atoms with Gasteiger partial charge in [0.25, 0.3) is 15.9 Å². The minimum atomic E-state index is -4.08. The fourth-order valence-electron chi connectivity index (χ4n) is 3.41. The van der Waals surface area contributed by atoms with Crippen LogP contribution >= 0.6 is 0 Å². The first-order valence-electron chi connectivity index (χ1n) is 10.0. The summed E-state index contributed by atoms with van der Waals surface area (Å²) in [6, 6.07) is 19.1. The van der Waals surface area contributed by atoms with Crippen LogP contribution in [0.15, 0.2) is 90.0 Å². The lowest BCUT2D eigenvalue weighted by molar-refractivity contribution is -0.118. The van der Waals surface area contributed by atoms with Crippen molar-refractivity contribution in [1.29, 1.82) is 0 Å². The normalized spacial score (nSPS) is 12.3. The number of halogens is 1. The number of fused-ring (bicyclic) bond motifs is 1. The van der Waals surface area contributed by atoms with Crippen LogP contribution in [-0.2, 0) is 14.8 Å². The van der Waals surface area contributed by atoms with Crippen LogP contribution in [0, 0.1) is 5.82 Å². The quantitative estimate of drug-likeness (QED) is 0.448. The van der Waals surface area contributed by atoms with E-state index in [4.69, 9.17) is 0 Å². The highest BCUT2D eigenvalue weighted by Crippen LogP contribution is 2.24. The second-order valence-electron chi connectivity index (χ2n) is 7.39. The van der Waals surface area contributed by atoms with E-state index in [0.29, 0.717) is 16.6 Å². The van der Waals surface area contributed by atoms with E-state index in [1.165, 1.54) is 42.5 Å². The van der Waals surface area contributed by atoms with Gasteiger partial charge in [-0.3, -0.25) is 9.59 Å². The maximum atomic E-state index is 13.9. The molecule has 1 aromatic heterocycles. The smallest absolute Gasteiger partial charge is 0.264 e. The van der Waals surface area contributed by atoms with Crippen LogP contribution in [0.4, 0.5) is 10.1 Å². The highest BCUT2D eigenvalue weighted by Gasteiger charge is 2.20. The molecule has 0 aliphatic heterocycles. The van der Waals surface area contributed by atoms with Crippen molar-refractivity contribution in [3.8, 4) is 0 Å². The van der Waals surface area contributed by atoms with Gasteiger partial charge in [0.2, 0.25) is 5.91 Å². The Morgan fingerprint density at radius 3 is 2.30 bits per heavy atom. The van der Waals surface area contributed by atoms with E-state index in [2.05, 4.69) is 5.32 Å². The summed E-state index contributed by atoms with van der Waals surface area (Å²) in [6.45, 7) is 1.68. The number of aromatic nitrogens is 1. The molecule has 7 nitrogen and oxygen atoms in total. The Balaban J connectivity index is 1.46. The second kappa shape index (κ2) is 8.87. The molecule has 0 aliphatic rings. The van der Waals surface area contributed by atoms with Gasteiger partial charge in [-0.2, -0.15) is 0 Å². The SMILES string of the molecule is CC(C(=O)Nc1ccc(S(=O)(=O)NC(=O)c2ccccc2)cc1)n1ccc2c(F)cccc21. The minimum Gasteiger partial charge on any atom is -0.335 e. The summed E-state index contributed by atoms with van der Waals surface area (Å²) >= 11 is 0. The second-order valence-corrected chi connectivity index (χ2v) is 9.07. The van der Waals surface area contributed by atoms with E-state index >= 15 is 0 Å². The molecule has 168 valence electrons. The highest BCUT2D eigenvalue weighted by molar-refractivity contribution is 7.90. The molecule has 0 fully saturated rings. The molecule has 4 rings (SSSR count). The molecule has 33 heavy (non-hydrogen) atoms. The zero-order chi connectivity index (χ0) is 23.6. The molecule has 1 unspecified atom stereocenters. The summed E-state index contributed by atoms with van der Waals surface area (Å²) in [5, 5.41) is 3.14. The van der Waals surface area contributed by atoms with Crippen molar-refractivity contribution in [3.63, 3.8) is 0 Å². The number of anilines is 1. The average Bonchev–Trinajstić information content (AvgIpc) is 3.24. The van der Waals surface area contributed by atoms with Crippen LogP contribution in [0.1, 0.15) is 23.3 Å². The summed E-state index contributed by atoms with van der Waals surface area (Å²) in [6.07, 6.45) is 1.64. The van der Waals surface area contributed by atoms with Crippen molar-refractivity contribution in [3.05, 3.63) is 96.4 Å². The molecular weight excluding hydrogens is 445 g/mol.